The van der Waals surface area contributed by atoms with Crippen molar-refractivity contribution in [1.82, 2.24) is 5.32 Å². The molecule has 1 amide bonds. The normalized spacial score (nSPS) is 10.5. The molecule has 0 unspecified atom stereocenters. The fourth-order valence-electron chi connectivity index (χ4n) is 2.54. The maximum atomic E-state index is 12.3. The number of carbonyl (C=O) groups excluding carboxylic acids is 1. The Bertz CT molecular complexity index is 750. The lowest BCUT2D eigenvalue weighted by Crippen LogP contribution is -2.24. The smallest absolute Gasteiger partial charge is 0.251 e. The molecule has 4 nitrogen and oxygen atoms in total. The van der Waals surface area contributed by atoms with Crippen molar-refractivity contribution in [2.45, 2.75) is 39.7 Å². The topological polar surface area (TPSA) is 47.6 Å². The number of hydrogen-bond donors (Lipinski definition) is 1. The molecule has 0 atom stereocenters. The predicted molar refractivity (Wildman–Crippen MR) is 110 cm³/mol. The molecule has 0 spiro atoms. The van der Waals surface area contributed by atoms with Gasteiger partial charge in [-0.2, -0.15) is 0 Å². The molecule has 1 N–H and O–H groups in total. The maximum absolute atomic E-state index is 12.3. The Morgan fingerprint density at radius 1 is 1.11 bits per heavy atom. The van der Waals surface area contributed by atoms with E-state index in [1.54, 1.807) is 12.1 Å². The molecule has 144 valence electrons. The molecule has 0 aromatic heterocycles. The van der Waals surface area contributed by atoms with Gasteiger partial charge in [0.15, 0.2) is 0 Å². The molecule has 4 heteroatoms. The number of amides is 1. The summed E-state index contributed by atoms with van der Waals surface area (Å²) >= 11 is 0. The fourth-order valence-corrected chi connectivity index (χ4v) is 2.54. The van der Waals surface area contributed by atoms with Crippen LogP contribution in [0.5, 0.6) is 11.5 Å². The van der Waals surface area contributed by atoms with E-state index in [0.29, 0.717) is 24.5 Å². The first-order valence-corrected chi connectivity index (χ1v) is 9.35. The van der Waals surface area contributed by atoms with Crippen LogP contribution in [0.2, 0.25) is 0 Å². The second kappa shape index (κ2) is 10.4. The van der Waals surface area contributed by atoms with Gasteiger partial charge in [-0.25, -0.2) is 0 Å². The highest BCUT2D eigenvalue weighted by Crippen LogP contribution is 2.15. The molecule has 0 bridgehead atoms. The minimum absolute atomic E-state index is 0.0866. The van der Waals surface area contributed by atoms with Crippen LogP contribution in [0.3, 0.4) is 0 Å². The Balaban J connectivity index is 1.76. The van der Waals surface area contributed by atoms with Gasteiger partial charge in [-0.1, -0.05) is 24.8 Å². The van der Waals surface area contributed by atoms with E-state index >= 15 is 0 Å². The Morgan fingerprint density at radius 2 is 1.85 bits per heavy atom. The van der Waals surface area contributed by atoms with Gasteiger partial charge in [-0.15, -0.1) is 0 Å². The van der Waals surface area contributed by atoms with Crippen molar-refractivity contribution in [2.75, 3.05) is 13.2 Å². The molecule has 0 radical (unpaired) electrons. The molecule has 0 aliphatic rings. The monoisotopic (exact) mass is 367 g/mol. The lowest BCUT2D eigenvalue weighted by atomic mass is 10.1. The molecule has 0 aliphatic heterocycles. The Labute approximate surface area is 162 Å². The summed E-state index contributed by atoms with van der Waals surface area (Å²) in [6.07, 6.45) is 1.96. The molecule has 0 saturated carbocycles. The molecule has 2 rings (SSSR count). The van der Waals surface area contributed by atoms with E-state index in [-0.39, 0.29) is 12.0 Å². The van der Waals surface area contributed by atoms with Crippen molar-refractivity contribution in [1.29, 1.82) is 0 Å². The lowest BCUT2D eigenvalue weighted by molar-refractivity contribution is 0.0953. The van der Waals surface area contributed by atoms with Crippen LogP contribution in [0, 0.1) is 0 Å². The van der Waals surface area contributed by atoms with Gasteiger partial charge in [0.2, 0.25) is 0 Å². The molecule has 27 heavy (non-hydrogen) atoms. The van der Waals surface area contributed by atoms with Gasteiger partial charge in [0.05, 0.1) is 6.10 Å². The average Bonchev–Trinajstić information content (AvgIpc) is 2.64. The highest BCUT2D eigenvalue weighted by atomic mass is 16.5. The number of nitrogens with one attached hydrogen (secondary N) is 1. The van der Waals surface area contributed by atoms with E-state index in [4.69, 9.17) is 9.47 Å². The number of carbonyl (C=O) groups is 1. The largest absolute Gasteiger partial charge is 0.491 e. The van der Waals surface area contributed by atoms with E-state index < -0.39 is 0 Å². The average molecular weight is 367 g/mol. The van der Waals surface area contributed by atoms with Crippen LogP contribution in [0.25, 0.3) is 0 Å². The van der Waals surface area contributed by atoms with E-state index in [0.717, 1.165) is 24.2 Å². The van der Waals surface area contributed by atoms with Crippen LogP contribution in [0.15, 0.2) is 60.7 Å². The molecule has 0 saturated heterocycles. The number of hydrogen-bond acceptors (Lipinski definition) is 3. The van der Waals surface area contributed by atoms with Crippen molar-refractivity contribution in [3.63, 3.8) is 0 Å². The zero-order valence-corrected chi connectivity index (χ0v) is 16.5. The zero-order chi connectivity index (χ0) is 19.6. The van der Waals surface area contributed by atoms with E-state index in [9.17, 15) is 4.79 Å². The first kappa shape index (κ1) is 20.6. The van der Waals surface area contributed by atoms with E-state index in [1.165, 1.54) is 5.56 Å². The van der Waals surface area contributed by atoms with Crippen LogP contribution >= 0.6 is 0 Å². The van der Waals surface area contributed by atoms with Crippen LogP contribution in [-0.4, -0.2) is 25.2 Å². The van der Waals surface area contributed by atoms with Crippen molar-refractivity contribution in [3.8, 4) is 11.5 Å². The highest BCUT2D eigenvalue weighted by molar-refractivity contribution is 5.94. The third-order valence-electron chi connectivity index (χ3n) is 3.80. The first-order valence-electron chi connectivity index (χ1n) is 9.35. The molecular formula is C23H29NO3. The summed E-state index contributed by atoms with van der Waals surface area (Å²) in [4.78, 5) is 12.3. The number of rotatable bonds is 10. The van der Waals surface area contributed by atoms with Crippen molar-refractivity contribution in [2.24, 2.45) is 0 Å². The Kier molecular flexibility index (Phi) is 7.93. The van der Waals surface area contributed by atoms with Gasteiger partial charge in [-0.05, 0) is 75.1 Å². The molecule has 2 aromatic carbocycles. The fraction of sp³-hybridized carbons (Fsp3) is 0.348. The number of ether oxygens (including phenoxy) is 2. The Morgan fingerprint density at radius 3 is 2.52 bits per heavy atom. The molecule has 2 aromatic rings. The van der Waals surface area contributed by atoms with Crippen molar-refractivity contribution in [3.05, 3.63) is 71.8 Å². The van der Waals surface area contributed by atoms with E-state index in [1.807, 2.05) is 45.0 Å². The lowest BCUT2D eigenvalue weighted by Gasteiger charge is -2.10. The SMILES string of the molecule is C=C(C)COc1cccc(C(=O)NCCCc2ccc(OC(C)C)cc2)c1. The number of benzene rings is 2. The highest BCUT2D eigenvalue weighted by Gasteiger charge is 2.06. The minimum atomic E-state index is -0.0866. The van der Waals surface area contributed by atoms with Crippen LogP contribution in [0.1, 0.15) is 43.1 Å². The van der Waals surface area contributed by atoms with Gasteiger partial charge < -0.3 is 14.8 Å². The van der Waals surface area contributed by atoms with Crippen molar-refractivity contribution < 1.29 is 14.3 Å². The standard InChI is InChI=1S/C23H29NO3/c1-17(2)16-26-22-9-5-8-20(15-22)23(25)24-14-6-7-19-10-12-21(13-11-19)27-18(3)4/h5,8-13,15,18H,1,6-7,14,16H2,2-4H3,(H,24,25). The number of aryl methyl sites for hydroxylation is 1. The third kappa shape index (κ3) is 7.57. The summed E-state index contributed by atoms with van der Waals surface area (Å²) in [6.45, 7) is 10.8. The molecular weight excluding hydrogens is 338 g/mol. The predicted octanol–water partition coefficient (Wildman–Crippen LogP) is 4.79. The van der Waals surface area contributed by atoms with Crippen molar-refractivity contribution >= 4 is 5.91 Å². The Hall–Kier alpha value is -2.75. The van der Waals surface area contributed by atoms with Gasteiger partial charge in [-0.3, -0.25) is 4.79 Å². The first-order chi connectivity index (χ1) is 12.9. The molecule has 0 aliphatic carbocycles. The second-order valence-electron chi connectivity index (χ2n) is 6.94. The summed E-state index contributed by atoms with van der Waals surface area (Å²) in [7, 11) is 0. The van der Waals surface area contributed by atoms with Gasteiger partial charge >= 0.3 is 0 Å². The van der Waals surface area contributed by atoms with Crippen LogP contribution in [0.4, 0.5) is 0 Å². The second-order valence-corrected chi connectivity index (χ2v) is 6.94. The summed E-state index contributed by atoms with van der Waals surface area (Å²) in [6, 6.07) is 15.3. The zero-order valence-electron chi connectivity index (χ0n) is 16.5. The van der Waals surface area contributed by atoms with Crippen LogP contribution in [-0.2, 0) is 6.42 Å². The van der Waals surface area contributed by atoms with E-state index in [2.05, 4.69) is 24.0 Å². The summed E-state index contributed by atoms with van der Waals surface area (Å²) in [5, 5.41) is 2.96. The summed E-state index contributed by atoms with van der Waals surface area (Å²) in [5.74, 6) is 1.47. The maximum Gasteiger partial charge on any atom is 0.251 e. The molecule has 0 fully saturated rings. The quantitative estimate of drug-likeness (QED) is 0.485. The third-order valence-corrected chi connectivity index (χ3v) is 3.80. The van der Waals surface area contributed by atoms with Crippen LogP contribution < -0.4 is 14.8 Å². The minimum Gasteiger partial charge on any atom is -0.491 e. The van der Waals surface area contributed by atoms with Gasteiger partial charge in [0.1, 0.15) is 18.1 Å². The summed E-state index contributed by atoms with van der Waals surface area (Å²) in [5.41, 5.74) is 2.77. The summed E-state index contributed by atoms with van der Waals surface area (Å²) < 4.78 is 11.2. The van der Waals surface area contributed by atoms with Gasteiger partial charge in [0.25, 0.3) is 5.91 Å². The molecule has 0 heterocycles. The van der Waals surface area contributed by atoms with Gasteiger partial charge in [0, 0.05) is 12.1 Å².